The summed E-state index contributed by atoms with van der Waals surface area (Å²) in [5, 5.41) is 28.5. The number of hydrogen-bond donors (Lipinski definition) is 5. The Morgan fingerprint density at radius 2 is 1.76 bits per heavy atom. The first-order valence-electron chi connectivity index (χ1n) is 11.6. The molecule has 200 valence electrons. The molecule has 0 unspecified atom stereocenters. The molecule has 1 amide bonds. The molecular weight excluding hydrogens is 502 g/mol. The summed E-state index contributed by atoms with van der Waals surface area (Å²) in [5.74, 6) is -0.781. The molecule has 0 aromatic heterocycles. The van der Waals surface area contributed by atoms with Gasteiger partial charge in [-0.15, -0.1) is 0 Å². The van der Waals surface area contributed by atoms with Gasteiger partial charge in [0.15, 0.2) is 5.84 Å². The maximum Gasteiger partial charge on any atom is 0.407 e. The topological polar surface area (TPSA) is 172 Å². The lowest BCUT2D eigenvalue weighted by atomic mass is 10.0. The number of rotatable bonds is 8. The van der Waals surface area contributed by atoms with Crippen LogP contribution in [0.2, 0.25) is 0 Å². The minimum absolute atomic E-state index is 0.0482. The van der Waals surface area contributed by atoms with E-state index in [-0.39, 0.29) is 43.3 Å². The Labute approximate surface area is 215 Å². The quantitative estimate of drug-likeness (QED) is 0.188. The van der Waals surface area contributed by atoms with Crippen LogP contribution in [0, 0.1) is 12.3 Å². The van der Waals surface area contributed by atoms with E-state index in [0.29, 0.717) is 11.1 Å². The molecule has 0 saturated carbocycles. The maximum absolute atomic E-state index is 13.2. The summed E-state index contributed by atoms with van der Waals surface area (Å²) in [6.07, 6.45) is -2.23. The van der Waals surface area contributed by atoms with Crippen LogP contribution < -0.4 is 10.2 Å². The van der Waals surface area contributed by atoms with E-state index in [0.717, 1.165) is 5.56 Å². The monoisotopic (exact) mass is 533 g/mol. The van der Waals surface area contributed by atoms with E-state index in [9.17, 15) is 28.2 Å². The van der Waals surface area contributed by atoms with E-state index in [1.807, 2.05) is 6.92 Å². The Balaban J connectivity index is 1.84. The van der Waals surface area contributed by atoms with Crippen molar-refractivity contribution in [2.24, 2.45) is 0 Å². The van der Waals surface area contributed by atoms with Gasteiger partial charge >= 0.3 is 12.1 Å². The zero-order valence-electron chi connectivity index (χ0n) is 20.5. The lowest BCUT2D eigenvalue weighted by Crippen LogP contribution is -2.58. The van der Waals surface area contributed by atoms with Crippen LogP contribution in [0.3, 0.4) is 0 Å². The molecular formula is C24H31N5O7S. The first-order valence-corrected chi connectivity index (χ1v) is 13.0. The number of sulfonamides is 1. The second-order valence-corrected chi connectivity index (χ2v) is 10.4. The van der Waals surface area contributed by atoms with E-state index in [2.05, 4.69) is 15.0 Å². The number of hydrogen-bond acceptors (Lipinski definition) is 8. The van der Waals surface area contributed by atoms with Gasteiger partial charge in [0.05, 0.1) is 10.9 Å². The number of aliphatic hydroxyl groups is 1. The van der Waals surface area contributed by atoms with Gasteiger partial charge in [-0.1, -0.05) is 35.9 Å². The molecule has 0 bridgehead atoms. The van der Waals surface area contributed by atoms with Crippen LogP contribution in [0.5, 0.6) is 0 Å². The number of amidine groups is 1. The summed E-state index contributed by atoms with van der Waals surface area (Å²) in [6.45, 7) is 3.85. The van der Waals surface area contributed by atoms with E-state index in [4.69, 9.17) is 5.41 Å². The molecule has 12 nitrogen and oxygen atoms in total. The van der Waals surface area contributed by atoms with Crippen LogP contribution in [-0.2, 0) is 26.1 Å². The number of piperazine rings is 1. The lowest BCUT2D eigenvalue weighted by Gasteiger charge is -2.39. The zero-order valence-corrected chi connectivity index (χ0v) is 21.4. The minimum atomic E-state index is -4.00. The molecule has 1 aliphatic heterocycles. The summed E-state index contributed by atoms with van der Waals surface area (Å²) in [5.41, 5.74) is 4.15. The van der Waals surface area contributed by atoms with E-state index >= 15 is 0 Å². The van der Waals surface area contributed by atoms with Gasteiger partial charge in [-0.2, -0.15) is 0 Å². The molecule has 1 saturated heterocycles. The predicted octanol–water partition coefficient (Wildman–Crippen LogP) is 0.892. The number of benzene rings is 2. The highest BCUT2D eigenvalue weighted by molar-refractivity contribution is 7.89. The van der Waals surface area contributed by atoms with Crippen molar-refractivity contribution in [2.75, 3.05) is 26.2 Å². The number of hydroxylamine groups is 1. The van der Waals surface area contributed by atoms with Crippen LogP contribution in [-0.4, -0.2) is 84.8 Å². The zero-order chi connectivity index (χ0) is 27.2. The largest absolute Gasteiger partial charge is 0.465 e. The van der Waals surface area contributed by atoms with Gasteiger partial charge in [0.2, 0.25) is 10.0 Å². The highest BCUT2D eigenvalue weighted by Crippen LogP contribution is 2.18. The van der Waals surface area contributed by atoms with Crippen LogP contribution in [0.1, 0.15) is 23.6 Å². The molecule has 1 heterocycles. The van der Waals surface area contributed by atoms with Crippen LogP contribution in [0.25, 0.3) is 0 Å². The lowest BCUT2D eigenvalue weighted by molar-refractivity contribution is -0.145. The first-order chi connectivity index (χ1) is 17.5. The molecule has 2 aromatic rings. The average Bonchev–Trinajstić information content (AvgIpc) is 2.86. The maximum atomic E-state index is 13.2. The number of aryl methyl sites for hydroxylation is 1. The molecule has 0 aliphatic carbocycles. The van der Waals surface area contributed by atoms with Gasteiger partial charge in [-0.3, -0.25) is 15.1 Å². The summed E-state index contributed by atoms with van der Waals surface area (Å²) >= 11 is 0. The van der Waals surface area contributed by atoms with Crippen LogP contribution in [0.4, 0.5) is 4.79 Å². The Morgan fingerprint density at radius 3 is 2.35 bits per heavy atom. The summed E-state index contributed by atoms with van der Waals surface area (Å²) in [7, 11) is -4.00. The van der Waals surface area contributed by atoms with Crippen molar-refractivity contribution in [3.63, 3.8) is 0 Å². The second kappa shape index (κ2) is 12.1. The van der Waals surface area contributed by atoms with Crippen LogP contribution >= 0.6 is 0 Å². The fraction of sp³-hybridized carbons (Fsp3) is 0.375. The molecule has 2 atom stereocenters. The Morgan fingerprint density at radius 1 is 1.11 bits per heavy atom. The summed E-state index contributed by atoms with van der Waals surface area (Å²) < 4.78 is 29.0. The van der Waals surface area contributed by atoms with Crippen molar-refractivity contribution >= 4 is 27.9 Å². The van der Waals surface area contributed by atoms with Crippen molar-refractivity contribution in [3.8, 4) is 0 Å². The molecule has 3 rings (SSSR count). The van der Waals surface area contributed by atoms with Crippen molar-refractivity contribution in [1.29, 1.82) is 5.41 Å². The van der Waals surface area contributed by atoms with Crippen molar-refractivity contribution in [3.05, 3.63) is 65.2 Å². The fourth-order valence-electron chi connectivity index (χ4n) is 3.91. The third kappa shape index (κ3) is 7.73. The third-order valence-corrected chi connectivity index (χ3v) is 7.43. The molecule has 13 heteroatoms. The van der Waals surface area contributed by atoms with Gasteiger partial charge in [0.1, 0.15) is 6.23 Å². The molecule has 0 radical (unpaired) electrons. The molecule has 2 aromatic carbocycles. The minimum Gasteiger partial charge on any atom is -0.465 e. The number of carboxylic acid groups (broad SMARTS) is 1. The van der Waals surface area contributed by atoms with E-state index in [1.54, 1.807) is 41.3 Å². The number of amides is 1. The first kappa shape index (κ1) is 28.1. The highest BCUT2D eigenvalue weighted by Gasteiger charge is 2.33. The number of nitrogens with zero attached hydrogens (tertiary/aromatic N) is 2. The van der Waals surface area contributed by atoms with Gasteiger partial charge in [0, 0.05) is 38.7 Å². The summed E-state index contributed by atoms with van der Waals surface area (Å²) in [6, 6.07) is 12.0. The van der Waals surface area contributed by atoms with Gasteiger partial charge in [0.25, 0.3) is 0 Å². The van der Waals surface area contributed by atoms with Crippen molar-refractivity contribution in [2.45, 2.75) is 37.4 Å². The van der Waals surface area contributed by atoms with Gasteiger partial charge in [-0.25, -0.2) is 23.4 Å². The van der Waals surface area contributed by atoms with Crippen LogP contribution in [0.15, 0.2) is 53.4 Å². The molecule has 37 heavy (non-hydrogen) atoms. The number of nitrogens with one attached hydrogen (secondary N) is 3. The SMILES string of the molecule is CC(=O)ONC(=N)c1cccc(C[C@H](NS(=O)(=O)c2ccc(C)cc2)[C@H](O)N2CCN(C(=O)O)CC2)c1. The van der Waals surface area contributed by atoms with Crippen molar-refractivity contribution < 1.29 is 33.1 Å². The Bertz CT molecular complexity index is 1230. The molecule has 0 spiro atoms. The number of carbonyl (C=O) groups is 2. The second-order valence-electron chi connectivity index (χ2n) is 8.74. The summed E-state index contributed by atoms with van der Waals surface area (Å²) in [4.78, 5) is 29.8. The number of aliphatic hydroxyl groups excluding tert-OH is 1. The average molecular weight is 534 g/mol. The predicted molar refractivity (Wildman–Crippen MR) is 134 cm³/mol. The fourth-order valence-corrected chi connectivity index (χ4v) is 5.15. The number of carbonyl (C=O) groups excluding carboxylic acids is 1. The Kier molecular flexibility index (Phi) is 9.21. The normalized spacial score (nSPS) is 16.0. The molecule has 5 N–H and O–H groups in total. The van der Waals surface area contributed by atoms with Gasteiger partial charge < -0.3 is 20.0 Å². The Hall–Kier alpha value is -3.52. The van der Waals surface area contributed by atoms with E-state index in [1.165, 1.54) is 24.0 Å². The van der Waals surface area contributed by atoms with E-state index < -0.39 is 34.4 Å². The molecule has 1 aliphatic rings. The van der Waals surface area contributed by atoms with Gasteiger partial charge in [-0.05, 0) is 37.1 Å². The highest BCUT2D eigenvalue weighted by atomic mass is 32.2. The standard InChI is InChI=1S/C24H31N5O7S/c1-16-6-8-20(9-7-16)37(34,35)27-21(23(31)28-10-12-29(13-11-28)24(32)33)15-18-4-3-5-19(14-18)22(25)26-36-17(2)30/h3-9,14,21,23,27,31H,10-13,15H2,1-2H3,(H2,25,26)(H,32,33)/t21-,23-/m0/s1. The van der Waals surface area contributed by atoms with Crippen molar-refractivity contribution in [1.82, 2.24) is 20.0 Å². The smallest absolute Gasteiger partial charge is 0.407 e. The molecule has 1 fully saturated rings. The third-order valence-electron chi connectivity index (χ3n) is 5.92.